The van der Waals surface area contributed by atoms with Crippen molar-refractivity contribution in [3.63, 3.8) is 0 Å². The molecule has 1 N–H and O–H groups in total. The minimum absolute atomic E-state index is 0.809. The molecule has 9 rings (SSSR count). The number of aromatic amines is 1. The van der Waals surface area contributed by atoms with Crippen LogP contribution in [0.1, 0.15) is 0 Å². The van der Waals surface area contributed by atoms with Gasteiger partial charge >= 0.3 is 0 Å². The van der Waals surface area contributed by atoms with Gasteiger partial charge in [0.1, 0.15) is 0 Å². The largest absolute Gasteiger partial charge is 0.353 e. The van der Waals surface area contributed by atoms with Crippen LogP contribution in [-0.4, -0.2) is 19.9 Å². The average Bonchev–Trinajstić information content (AvgIpc) is 3.47. The number of para-hydroxylation sites is 2. The molecule has 1 aliphatic heterocycles. The molecule has 0 atom stereocenters. The quantitative estimate of drug-likeness (QED) is 0.234. The predicted octanol–water partition coefficient (Wildman–Crippen LogP) is 9.82. The Labute approximate surface area is 248 Å². The number of nitrogens with one attached hydrogen (secondary N) is 1. The van der Waals surface area contributed by atoms with Gasteiger partial charge in [0, 0.05) is 21.9 Å². The van der Waals surface area contributed by atoms with Crippen molar-refractivity contribution in [2.45, 2.75) is 0 Å². The highest BCUT2D eigenvalue weighted by atomic mass is 14.8. The molecular formula is C39H24N4. The SMILES string of the molecule is c1ccc(-c2cc3nc(c2)-c2cccc4c2[nH]c2c(cccc24)-c2cc(-c4ccccc4)cc(n2)-c2cccc-3n2)cc1. The second-order valence-electron chi connectivity index (χ2n) is 11.0. The maximum atomic E-state index is 5.23. The van der Waals surface area contributed by atoms with Crippen LogP contribution in [0.5, 0.6) is 0 Å². The van der Waals surface area contributed by atoms with Gasteiger partial charge < -0.3 is 4.98 Å². The van der Waals surface area contributed by atoms with Crippen molar-refractivity contribution in [3.05, 3.63) is 140 Å². The first-order valence-electron chi connectivity index (χ1n) is 14.5. The van der Waals surface area contributed by atoms with Crippen molar-refractivity contribution in [2.75, 3.05) is 0 Å². The molecule has 4 nitrogen and oxygen atoms in total. The fraction of sp³-hybridized carbons (Fsp3) is 0. The Morgan fingerprint density at radius 1 is 0.326 bits per heavy atom. The van der Waals surface area contributed by atoms with Crippen molar-refractivity contribution >= 4 is 21.8 Å². The first-order valence-corrected chi connectivity index (χ1v) is 14.5. The molecular weight excluding hydrogens is 524 g/mol. The minimum atomic E-state index is 0.809. The van der Waals surface area contributed by atoms with Crippen molar-refractivity contribution in [3.8, 4) is 67.5 Å². The number of fused-ring (bicyclic) bond motifs is 11. The van der Waals surface area contributed by atoms with Gasteiger partial charge in [0.25, 0.3) is 0 Å². The molecule has 5 heterocycles. The zero-order chi connectivity index (χ0) is 28.3. The van der Waals surface area contributed by atoms with E-state index in [1.165, 1.54) is 0 Å². The van der Waals surface area contributed by atoms with Crippen LogP contribution in [0.25, 0.3) is 89.4 Å². The average molecular weight is 549 g/mol. The van der Waals surface area contributed by atoms with Crippen molar-refractivity contribution < 1.29 is 0 Å². The van der Waals surface area contributed by atoms with E-state index in [0.717, 1.165) is 89.4 Å². The molecule has 8 bridgehead atoms. The molecule has 4 heteroatoms. The van der Waals surface area contributed by atoms with Crippen LogP contribution in [0.2, 0.25) is 0 Å². The van der Waals surface area contributed by atoms with Gasteiger partial charge in [0.05, 0.1) is 45.2 Å². The number of hydrogen-bond acceptors (Lipinski definition) is 3. The molecule has 8 aromatic rings. The first-order chi connectivity index (χ1) is 21.3. The normalized spacial score (nSPS) is 11.7. The Morgan fingerprint density at radius 2 is 0.744 bits per heavy atom. The second kappa shape index (κ2) is 9.33. The Kier molecular flexibility index (Phi) is 5.16. The zero-order valence-electron chi connectivity index (χ0n) is 23.1. The fourth-order valence-electron chi connectivity index (χ4n) is 6.29. The van der Waals surface area contributed by atoms with E-state index in [1.807, 2.05) is 30.3 Å². The molecule has 0 amide bonds. The lowest BCUT2D eigenvalue weighted by Gasteiger charge is -2.13. The van der Waals surface area contributed by atoms with Crippen molar-refractivity contribution in [1.82, 2.24) is 19.9 Å². The Hall–Kier alpha value is -5.87. The molecule has 0 saturated heterocycles. The summed E-state index contributed by atoms with van der Waals surface area (Å²) in [4.78, 5) is 19.4. The lowest BCUT2D eigenvalue weighted by atomic mass is 9.99. The molecule has 4 aromatic heterocycles. The molecule has 0 aliphatic carbocycles. The summed E-state index contributed by atoms with van der Waals surface area (Å²) in [6, 6.07) is 48.6. The molecule has 0 spiro atoms. The topological polar surface area (TPSA) is 54.5 Å². The van der Waals surface area contributed by atoms with Gasteiger partial charge in [-0.1, -0.05) is 103 Å². The first kappa shape index (κ1) is 23.8. The van der Waals surface area contributed by atoms with E-state index in [9.17, 15) is 0 Å². The van der Waals surface area contributed by atoms with E-state index >= 15 is 0 Å². The second-order valence-corrected chi connectivity index (χ2v) is 11.0. The molecule has 0 saturated carbocycles. The van der Waals surface area contributed by atoms with Crippen LogP contribution >= 0.6 is 0 Å². The van der Waals surface area contributed by atoms with Gasteiger partial charge in [0.2, 0.25) is 0 Å². The molecule has 0 fully saturated rings. The highest BCUT2D eigenvalue weighted by molar-refractivity contribution is 6.15. The summed E-state index contributed by atoms with van der Waals surface area (Å²) >= 11 is 0. The van der Waals surface area contributed by atoms with E-state index in [4.69, 9.17) is 15.0 Å². The number of pyridine rings is 3. The van der Waals surface area contributed by atoms with Crippen LogP contribution < -0.4 is 0 Å². The van der Waals surface area contributed by atoms with E-state index in [0.29, 0.717) is 0 Å². The Bertz CT molecular complexity index is 2180. The number of aromatic nitrogens is 4. The molecule has 1 aliphatic rings. The summed E-state index contributed by atoms with van der Waals surface area (Å²) in [7, 11) is 0. The molecule has 4 aromatic carbocycles. The monoisotopic (exact) mass is 548 g/mol. The maximum absolute atomic E-state index is 5.23. The van der Waals surface area contributed by atoms with E-state index in [-0.39, 0.29) is 0 Å². The van der Waals surface area contributed by atoms with Crippen LogP contribution in [-0.2, 0) is 0 Å². The summed E-state index contributed by atoms with van der Waals surface area (Å²) < 4.78 is 0. The number of hydrogen-bond donors (Lipinski definition) is 1. The third-order valence-electron chi connectivity index (χ3n) is 8.36. The Balaban J connectivity index is 1.43. The van der Waals surface area contributed by atoms with Gasteiger partial charge in [-0.3, -0.25) is 0 Å². The highest BCUT2D eigenvalue weighted by Crippen LogP contribution is 2.40. The Morgan fingerprint density at radius 3 is 1.23 bits per heavy atom. The zero-order valence-corrected chi connectivity index (χ0v) is 23.1. The summed E-state index contributed by atoms with van der Waals surface area (Å²) in [6.45, 7) is 0. The van der Waals surface area contributed by atoms with Gasteiger partial charge in [-0.05, 0) is 58.7 Å². The summed E-state index contributed by atoms with van der Waals surface area (Å²) in [5, 5.41) is 2.33. The fourth-order valence-corrected chi connectivity index (χ4v) is 6.29. The molecule has 200 valence electrons. The third kappa shape index (κ3) is 3.88. The smallest absolute Gasteiger partial charge is 0.0900 e. The maximum Gasteiger partial charge on any atom is 0.0900 e. The van der Waals surface area contributed by atoms with Crippen molar-refractivity contribution in [2.24, 2.45) is 0 Å². The van der Waals surface area contributed by atoms with Gasteiger partial charge in [-0.15, -0.1) is 0 Å². The van der Waals surface area contributed by atoms with Gasteiger partial charge in [0.15, 0.2) is 0 Å². The number of benzene rings is 4. The van der Waals surface area contributed by atoms with E-state index in [1.54, 1.807) is 0 Å². The molecule has 0 unspecified atom stereocenters. The van der Waals surface area contributed by atoms with Crippen LogP contribution in [0.4, 0.5) is 0 Å². The number of nitrogens with zero attached hydrogens (tertiary/aromatic N) is 3. The standard InChI is InChI=1S/C39H24N4/c1-3-10-24(11-4-1)26-20-34-30-16-7-14-28-29-15-8-17-31(39(29)43-38(28)30)35-21-27(25-12-5-2-6-13-25)23-37(42-35)33-19-9-18-32(40-33)36(22-26)41-34/h1-23,43H. The molecule has 43 heavy (non-hydrogen) atoms. The van der Waals surface area contributed by atoms with Gasteiger partial charge in [-0.2, -0.15) is 0 Å². The lowest BCUT2D eigenvalue weighted by Crippen LogP contribution is -1.97. The van der Waals surface area contributed by atoms with E-state index < -0.39 is 0 Å². The minimum Gasteiger partial charge on any atom is -0.353 e. The number of rotatable bonds is 2. The third-order valence-corrected chi connectivity index (χ3v) is 8.36. The van der Waals surface area contributed by atoms with Crippen LogP contribution in [0.3, 0.4) is 0 Å². The van der Waals surface area contributed by atoms with Crippen LogP contribution in [0.15, 0.2) is 140 Å². The van der Waals surface area contributed by atoms with E-state index in [2.05, 4.69) is 114 Å². The van der Waals surface area contributed by atoms with Gasteiger partial charge in [-0.25, -0.2) is 15.0 Å². The summed E-state index contributed by atoms with van der Waals surface area (Å²) in [5.41, 5.74) is 13.8. The predicted molar refractivity (Wildman–Crippen MR) is 175 cm³/mol. The van der Waals surface area contributed by atoms with Crippen molar-refractivity contribution in [1.29, 1.82) is 0 Å². The highest BCUT2D eigenvalue weighted by Gasteiger charge is 2.19. The molecule has 0 radical (unpaired) electrons. The number of H-pyrrole nitrogens is 1. The summed E-state index contributed by atoms with van der Waals surface area (Å²) in [6.07, 6.45) is 0. The lowest BCUT2D eigenvalue weighted by molar-refractivity contribution is 1.22. The summed E-state index contributed by atoms with van der Waals surface area (Å²) in [5.74, 6) is 0. The van der Waals surface area contributed by atoms with Crippen LogP contribution in [0, 0.1) is 0 Å².